The minimum atomic E-state index is 0.596. The maximum absolute atomic E-state index is 5.84. The van der Waals surface area contributed by atoms with Crippen molar-refractivity contribution in [3.05, 3.63) is 54.0 Å². The standard InChI is InChI=1S/C20H22N4OS/c1-2-12-24(11-1)13-14-25-17-7-5-16(6-8-17)22-20-21-10-9-18(23-20)19-4-3-15-26-19/h3-10,15H,1-2,11-14H2,(H,21,22,23). The van der Waals surface area contributed by atoms with Gasteiger partial charge in [-0.25, -0.2) is 9.97 Å². The minimum absolute atomic E-state index is 0.596. The zero-order valence-corrected chi connectivity index (χ0v) is 15.4. The molecule has 5 nitrogen and oxygen atoms in total. The SMILES string of the molecule is c1csc(-c2ccnc(Nc3ccc(OCCN4CCCC4)cc3)n2)c1. The van der Waals surface area contributed by atoms with Crippen LogP contribution in [0.5, 0.6) is 5.75 Å². The second-order valence-electron chi connectivity index (χ2n) is 6.29. The third kappa shape index (κ3) is 4.39. The van der Waals surface area contributed by atoms with Crippen molar-refractivity contribution in [3.8, 4) is 16.3 Å². The van der Waals surface area contributed by atoms with E-state index in [1.165, 1.54) is 25.9 Å². The van der Waals surface area contributed by atoms with Gasteiger partial charge in [0.2, 0.25) is 5.95 Å². The van der Waals surface area contributed by atoms with Crippen molar-refractivity contribution in [2.24, 2.45) is 0 Å². The zero-order valence-electron chi connectivity index (χ0n) is 14.6. The lowest BCUT2D eigenvalue weighted by atomic mass is 10.3. The fourth-order valence-electron chi connectivity index (χ4n) is 3.04. The second kappa shape index (κ2) is 8.29. The van der Waals surface area contributed by atoms with Crippen molar-refractivity contribution in [3.63, 3.8) is 0 Å². The summed E-state index contributed by atoms with van der Waals surface area (Å²) in [5.74, 6) is 1.49. The van der Waals surface area contributed by atoms with Crippen molar-refractivity contribution in [2.45, 2.75) is 12.8 Å². The molecule has 1 aliphatic rings. The molecule has 1 N–H and O–H groups in total. The number of hydrogen-bond donors (Lipinski definition) is 1. The van der Waals surface area contributed by atoms with E-state index in [4.69, 9.17) is 4.74 Å². The predicted octanol–water partition coefficient (Wildman–Crippen LogP) is 4.42. The molecule has 0 bridgehead atoms. The Morgan fingerprint density at radius 2 is 1.92 bits per heavy atom. The van der Waals surface area contributed by atoms with Gasteiger partial charge >= 0.3 is 0 Å². The molecule has 1 saturated heterocycles. The van der Waals surface area contributed by atoms with E-state index >= 15 is 0 Å². The number of ether oxygens (including phenoxy) is 1. The van der Waals surface area contributed by atoms with Gasteiger partial charge in [0, 0.05) is 18.4 Å². The molecule has 1 fully saturated rings. The average Bonchev–Trinajstić information content (AvgIpc) is 3.38. The second-order valence-corrected chi connectivity index (χ2v) is 7.24. The van der Waals surface area contributed by atoms with E-state index in [-0.39, 0.29) is 0 Å². The first-order chi connectivity index (χ1) is 12.9. The van der Waals surface area contributed by atoms with Crippen LogP contribution in [-0.4, -0.2) is 41.1 Å². The molecule has 0 unspecified atom stereocenters. The summed E-state index contributed by atoms with van der Waals surface area (Å²) in [6.45, 7) is 4.15. The quantitative estimate of drug-likeness (QED) is 0.671. The molecular formula is C20H22N4OS. The number of likely N-dealkylation sites (tertiary alicyclic amines) is 1. The Hall–Kier alpha value is -2.44. The fourth-order valence-corrected chi connectivity index (χ4v) is 3.74. The smallest absolute Gasteiger partial charge is 0.227 e. The van der Waals surface area contributed by atoms with Crippen molar-refractivity contribution in [2.75, 3.05) is 31.6 Å². The largest absolute Gasteiger partial charge is 0.492 e. The number of rotatable bonds is 7. The highest BCUT2D eigenvalue weighted by atomic mass is 32.1. The van der Waals surface area contributed by atoms with Crippen LogP contribution in [0, 0.1) is 0 Å². The number of nitrogens with one attached hydrogen (secondary N) is 1. The highest BCUT2D eigenvalue weighted by Gasteiger charge is 2.10. The summed E-state index contributed by atoms with van der Waals surface area (Å²) in [4.78, 5) is 12.5. The van der Waals surface area contributed by atoms with Crippen molar-refractivity contribution >= 4 is 23.0 Å². The average molecular weight is 366 g/mol. The minimum Gasteiger partial charge on any atom is -0.492 e. The lowest BCUT2D eigenvalue weighted by Crippen LogP contribution is -2.25. The van der Waals surface area contributed by atoms with E-state index in [2.05, 4.69) is 26.3 Å². The third-order valence-corrected chi connectivity index (χ3v) is 5.31. The first-order valence-electron chi connectivity index (χ1n) is 8.96. The summed E-state index contributed by atoms with van der Waals surface area (Å²) in [5, 5.41) is 5.30. The zero-order chi connectivity index (χ0) is 17.6. The van der Waals surface area contributed by atoms with Gasteiger partial charge in [-0.1, -0.05) is 6.07 Å². The molecule has 0 aliphatic carbocycles. The Morgan fingerprint density at radius 3 is 2.69 bits per heavy atom. The molecule has 134 valence electrons. The molecule has 4 rings (SSSR count). The van der Waals surface area contributed by atoms with Gasteiger partial charge in [-0.3, -0.25) is 4.90 Å². The molecule has 1 aromatic carbocycles. The number of thiophene rings is 1. The first kappa shape index (κ1) is 17.0. The van der Waals surface area contributed by atoms with Crippen molar-refractivity contribution in [1.29, 1.82) is 0 Å². The van der Waals surface area contributed by atoms with Crippen LogP contribution >= 0.6 is 11.3 Å². The molecule has 0 spiro atoms. The maximum atomic E-state index is 5.84. The summed E-state index contributed by atoms with van der Waals surface area (Å²) in [5.41, 5.74) is 1.87. The third-order valence-electron chi connectivity index (χ3n) is 4.41. The molecule has 0 saturated carbocycles. The molecule has 3 heterocycles. The molecule has 0 atom stereocenters. The Balaban J connectivity index is 1.33. The van der Waals surface area contributed by atoms with Gasteiger partial charge in [0.05, 0.1) is 10.6 Å². The molecule has 1 aliphatic heterocycles. The van der Waals surface area contributed by atoms with Gasteiger partial charge in [0.15, 0.2) is 0 Å². The van der Waals surface area contributed by atoms with Gasteiger partial charge < -0.3 is 10.1 Å². The van der Waals surface area contributed by atoms with Crippen molar-refractivity contribution in [1.82, 2.24) is 14.9 Å². The van der Waals surface area contributed by atoms with E-state index in [9.17, 15) is 0 Å². The molecule has 6 heteroatoms. The van der Waals surface area contributed by atoms with E-state index in [1.807, 2.05) is 41.8 Å². The van der Waals surface area contributed by atoms with E-state index < -0.39 is 0 Å². The normalized spacial score (nSPS) is 14.5. The van der Waals surface area contributed by atoms with Gasteiger partial charge in [-0.2, -0.15) is 0 Å². The number of aromatic nitrogens is 2. The molecular weight excluding hydrogens is 344 g/mol. The van der Waals surface area contributed by atoms with Crippen LogP contribution in [-0.2, 0) is 0 Å². The maximum Gasteiger partial charge on any atom is 0.227 e. The fraction of sp³-hybridized carbons (Fsp3) is 0.300. The van der Waals surface area contributed by atoms with E-state index in [1.54, 1.807) is 17.5 Å². The molecule has 26 heavy (non-hydrogen) atoms. The van der Waals surface area contributed by atoms with E-state index in [0.717, 1.165) is 35.2 Å². The predicted molar refractivity (Wildman–Crippen MR) is 106 cm³/mol. The Morgan fingerprint density at radius 1 is 1.08 bits per heavy atom. The van der Waals surface area contributed by atoms with Gasteiger partial charge in [0.1, 0.15) is 12.4 Å². The van der Waals surface area contributed by atoms with Crippen LogP contribution in [0.15, 0.2) is 54.0 Å². The topological polar surface area (TPSA) is 50.3 Å². The molecule has 2 aromatic heterocycles. The van der Waals surface area contributed by atoms with Gasteiger partial charge in [-0.15, -0.1) is 11.3 Å². The molecule has 3 aromatic rings. The van der Waals surface area contributed by atoms with Crippen LogP contribution in [0.3, 0.4) is 0 Å². The molecule has 0 amide bonds. The lowest BCUT2D eigenvalue weighted by Gasteiger charge is -2.15. The number of anilines is 2. The van der Waals surface area contributed by atoms with Crippen LogP contribution in [0.2, 0.25) is 0 Å². The summed E-state index contributed by atoms with van der Waals surface area (Å²) in [7, 11) is 0. The van der Waals surface area contributed by atoms with Gasteiger partial charge in [-0.05, 0) is 67.7 Å². The summed E-state index contributed by atoms with van der Waals surface area (Å²) < 4.78 is 5.84. The Bertz CT molecular complexity index is 814. The van der Waals surface area contributed by atoms with Crippen LogP contribution < -0.4 is 10.1 Å². The molecule has 0 radical (unpaired) electrons. The summed E-state index contributed by atoms with van der Waals surface area (Å²) in [6, 6.07) is 14.0. The highest BCUT2D eigenvalue weighted by Crippen LogP contribution is 2.24. The number of nitrogens with zero attached hydrogens (tertiary/aromatic N) is 3. The lowest BCUT2D eigenvalue weighted by molar-refractivity contribution is 0.238. The van der Waals surface area contributed by atoms with Crippen LogP contribution in [0.25, 0.3) is 10.6 Å². The van der Waals surface area contributed by atoms with Crippen LogP contribution in [0.4, 0.5) is 11.6 Å². The number of hydrogen-bond acceptors (Lipinski definition) is 6. The van der Waals surface area contributed by atoms with E-state index in [0.29, 0.717) is 5.95 Å². The Kier molecular flexibility index (Phi) is 5.42. The van der Waals surface area contributed by atoms with Crippen LogP contribution in [0.1, 0.15) is 12.8 Å². The highest BCUT2D eigenvalue weighted by molar-refractivity contribution is 7.13. The monoisotopic (exact) mass is 366 g/mol. The van der Waals surface area contributed by atoms with Crippen molar-refractivity contribution < 1.29 is 4.74 Å². The first-order valence-corrected chi connectivity index (χ1v) is 9.84. The van der Waals surface area contributed by atoms with Gasteiger partial charge in [0.25, 0.3) is 0 Å². The Labute approximate surface area is 157 Å². The summed E-state index contributed by atoms with van der Waals surface area (Å²) in [6.07, 6.45) is 4.41. The summed E-state index contributed by atoms with van der Waals surface area (Å²) >= 11 is 1.67. The number of benzene rings is 1.